The summed E-state index contributed by atoms with van der Waals surface area (Å²) in [6.45, 7) is 0.747. The molecule has 0 saturated heterocycles. The van der Waals surface area contributed by atoms with Gasteiger partial charge in [0.05, 0.1) is 11.4 Å². The van der Waals surface area contributed by atoms with Gasteiger partial charge >= 0.3 is 0 Å². The number of nitrogens with zero attached hydrogens (tertiary/aromatic N) is 2. The summed E-state index contributed by atoms with van der Waals surface area (Å²) in [6, 6.07) is 9.18. The highest BCUT2D eigenvalue weighted by molar-refractivity contribution is 7.88. The van der Waals surface area contributed by atoms with Gasteiger partial charge in [-0.15, -0.1) is 0 Å². The Morgan fingerprint density at radius 3 is 2.71 bits per heavy atom. The third-order valence-electron chi connectivity index (χ3n) is 3.06. The second-order valence-electron chi connectivity index (χ2n) is 4.91. The standard InChI is InChI=1S/C14H20N4O2S/c1-18-8-6-14(17-18)5-7-16-21(19,20)11-13-4-2-3-12(9-13)10-15/h2-4,6,8-9,16H,5,7,10-11,15H2,1H3. The van der Waals surface area contributed by atoms with Crippen LogP contribution in [0.4, 0.5) is 0 Å². The van der Waals surface area contributed by atoms with Crippen LogP contribution in [0, 0.1) is 0 Å². The molecule has 1 aromatic carbocycles. The van der Waals surface area contributed by atoms with E-state index in [1.54, 1.807) is 10.7 Å². The SMILES string of the molecule is Cn1ccc(CCNS(=O)(=O)Cc2cccc(CN)c2)n1. The average molecular weight is 308 g/mol. The Morgan fingerprint density at radius 2 is 2.05 bits per heavy atom. The number of hydrogen-bond acceptors (Lipinski definition) is 4. The van der Waals surface area contributed by atoms with Crippen molar-refractivity contribution in [2.45, 2.75) is 18.7 Å². The van der Waals surface area contributed by atoms with Crippen LogP contribution >= 0.6 is 0 Å². The summed E-state index contributed by atoms with van der Waals surface area (Å²) < 4.78 is 28.3. The van der Waals surface area contributed by atoms with Gasteiger partial charge in [-0.25, -0.2) is 13.1 Å². The van der Waals surface area contributed by atoms with Crippen LogP contribution < -0.4 is 10.5 Å². The average Bonchev–Trinajstić information content (AvgIpc) is 2.84. The molecule has 2 rings (SSSR count). The van der Waals surface area contributed by atoms with E-state index >= 15 is 0 Å². The van der Waals surface area contributed by atoms with Crippen molar-refractivity contribution in [2.24, 2.45) is 12.8 Å². The van der Waals surface area contributed by atoms with Crippen molar-refractivity contribution in [2.75, 3.05) is 6.54 Å². The number of aromatic nitrogens is 2. The molecule has 0 aliphatic rings. The van der Waals surface area contributed by atoms with Gasteiger partial charge < -0.3 is 5.73 Å². The molecule has 0 amide bonds. The molecule has 0 unspecified atom stereocenters. The zero-order chi connectivity index (χ0) is 15.3. The molecule has 3 N–H and O–H groups in total. The van der Waals surface area contributed by atoms with E-state index in [-0.39, 0.29) is 5.75 Å². The third kappa shape index (κ3) is 4.96. The van der Waals surface area contributed by atoms with E-state index in [1.807, 2.05) is 37.5 Å². The Balaban J connectivity index is 1.89. The van der Waals surface area contributed by atoms with E-state index in [9.17, 15) is 8.42 Å². The van der Waals surface area contributed by atoms with Gasteiger partial charge in [0.2, 0.25) is 10.0 Å². The van der Waals surface area contributed by atoms with E-state index in [4.69, 9.17) is 5.73 Å². The van der Waals surface area contributed by atoms with Crippen molar-refractivity contribution < 1.29 is 8.42 Å². The molecule has 0 atom stereocenters. The quantitative estimate of drug-likeness (QED) is 0.781. The molecule has 2 aromatic rings. The minimum Gasteiger partial charge on any atom is -0.326 e. The van der Waals surface area contributed by atoms with Gasteiger partial charge in [0, 0.05) is 32.8 Å². The van der Waals surface area contributed by atoms with Gasteiger partial charge in [-0.05, 0) is 17.2 Å². The van der Waals surface area contributed by atoms with Crippen molar-refractivity contribution in [3.05, 3.63) is 53.3 Å². The Kier molecular flexibility index (Phi) is 5.11. The van der Waals surface area contributed by atoms with Crippen LogP contribution in [0.5, 0.6) is 0 Å². The zero-order valence-corrected chi connectivity index (χ0v) is 12.8. The van der Waals surface area contributed by atoms with E-state index in [0.29, 0.717) is 19.5 Å². The predicted octanol–water partition coefficient (Wildman–Crippen LogP) is 0.541. The summed E-state index contributed by atoms with van der Waals surface area (Å²) in [7, 11) is -1.52. The minimum absolute atomic E-state index is 0.0386. The van der Waals surface area contributed by atoms with Crippen LogP contribution in [-0.4, -0.2) is 24.7 Å². The zero-order valence-electron chi connectivity index (χ0n) is 12.0. The molecule has 0 bridgehead atoms. The number of sulfonamides is 1. The first-order chi connectivity index (χ1) is 9.98. The fraction of sp³-hybridized carbons (Fsp3) is 0.357. The Morgan fingerprint density at radius 1 is 1.29 bits per heavy atom. The maximum absolute atomic E-state index is 12.0. The second-order valence-corrected chi connectivity index (χ2v) is 6.72. The van der Waals surface area contributed by atoms with E-state index in [2.05, 4.69) is 9.82 Å². The normalized spacial score (nSPS) is 11.7. The number of nitrogens with one attached hydrogen (secondary N) is 1. The van der Waals surface area contributed by atoms with Gasteiger partial charge in [-0.1, -0.05) is 24.3 Å². The lowest BCUT2D eigenvalue weighted by atomic mass is 10.1. The summed E-state index contributed by atoms with van der Waals surface area (Å²) in [6.07, 6.45) is 2.41. The molecular weight excluding hydrogens is 288 g/mol. The van der Waals surface area contributed by atoms with Crippen molar-refractivity contribution in [3.8, 4) is 0 Å². The van der Waals surface area contributed by atoms with E-state index in [1.165, 1.54) is 0 Å². The van der Waals surface area contributed by atoms with E-state index < -0.39 is 10.0 Å². The van der Waals surface area contributed by atoms with Crippen LogP contribution in [0.15, 0.2) is 36.5 Å². The molecule has 0 aliphatic carbocycles. The monoisotopic (exact) mass is 308 g/mol. The smallest absolute Gasteiger partial charge is 0.215 e. The van der Waals surface area contributed by atoms with Crippen molar-refractivity contribution in [1.82, 2.24) is 14.5 Å². The predicted molar refractivity (Wildman–Crippen MR) is 81.9 cm³/mol. The van der Waals surface area contributed by atoms with Crippen LogP contribution in [0.25, 0.3) is 0 Å². The molecule has 7 heteroatoms. The maximum Gasteiger partial charge on any atom is 0.215 e. The summed E-state index contributed by atoms with van der Waals surface area (Å²) in [5.74, 6) is -0.0386. The Bertz CT molecular complexity index is 695. The van der Waals surface area contributed by atoms with Crippen LogP contribution in [0.2, 0.25) is 0 Å². The molecule has 0 fully saturated rings. The van der Waals surface area contributed by atoms with Crippen LogP contribution in [0.3, 0.4) is 0 Å². The molecule has 6 nitrogen and oxygen atoms in total. The number of hydrogen-bond donors (Lipinski definition) is 2. The molecule has 114 valence electrons. The van der Waals surface area contributed by atoms with Crippen molar-refractivity contribution in [3.63, 3.8) is 0 Å². The molecule has 0 spiro atoms. The lowest BCUT2D eigenvalue weighted by Crippen LogP contribution is -2.27. The lowest BCUT2D eigenvalue weighted by Gasteiger charge is -2.07. The third-order valence-corrected chi connectivity index (χ3v) is 4.41. The van der Waals surface area contributed by atoms with Crippen LogP contribution in [-0.2, 0) is 35.8 Å². The molecule has 0 aliphatic heterocycles. The van der Waals surface area contributed by atoms with Gasteiger partial charge in [0.25, 0.3) is 0 Å². The fourth-order valence-corrected chi connectivity index (χ4v) is 3.18. The number of benzene rings is 1. The molecule has 1 heterocycles. The second kappa shape index (κ2) is 6.84. The first kappa shape index (κ1) is 15.7. The molecule has 21 heavy (non-hydrogen) atoms. The first-order valence-electron chi connectivity index (χ1n) is 6.72. The largest absolute Gasteiger partial charge is 0.326 e. The first-order valence-corrected chi connectivity index (χ1v) is 8.37. The summed E-state index contributed by atoms with van der Waals surface area (Å²) in [5, 5.41) is 4.20. The molecule has 0 saturated carbocycles. The fourth-order valence-electron chi connectivity index (χ4n) is 2.05. The molecular formula is C14H20N4O2S. The van der Waals surface area contributed by atoms with Crippen molar-refractivity contribution >= 4 is 10.0 Å². The van der Waals surface area contributed by atoms with E-state index in [0.717, 1.165) is 16.8 Å². The van der Waals surface area contributed by atoms with Crippen molar-refractivity contribution in [1.29, 1.82) is 0 Å². The highest BCUT2D eigenvalue weighted by Gasteiger charge is 2.11. The highest BCUT2D eigenvalue weighted by atomic mass is 32.2. The number of nitrogens with two attached hydrogens (primary N) is 1. The van der Waals surface area contributed by atoms with Gasteiger partial charge in [0.1, 0.15) is 0 Å². The Hall–Kier alpha value is -1.70. The van der Waals surface area contributed by atoms with Gasteiger partial charge in [-0.2, -0.15) is 5.10 Å². The lowest BCUT2D eigenvalue weighted by molar-refractivity contribution is 0.580. The molecule has 0 radical (unpaired) electrons. The Labute approximate surface area is 125 Å². The summed E-state index contributed by atoms with van der Waals surface area (Å²) in [5.41, 5.74) is 8.09. The maximum atomic E-state index is 12.0. The van der Waals surface area contributed by atoms with Crippen LogP contribution in [0.1, 0.15) is 16.8 Å². The topological polar surface area (TPSA) is 90.0 Å². The summed E-state index contributed by atoms with van der Waals surface area (Å²) >= 11 is 0. The molecule has 1 aromatic heterocycles. The van der Waals surface area contributed by atoms with Gasteiger partial charge in [0.15, 0.2) is 0 Å². The van der Waals surface area contributed by atoms with Gasteiger partial charge in [-0.3, -0.25) is 4.68 Å². The minimum atomic E-state index is -3.35. The number of aryl methyl sites for hydroxylation is 1. The highest BCUT2D eigenvalue weighted by Crippen LogP contribution is 2.08. The number of rotatable bonds is 7. The summed E-state index contributed by atoms with van der Waals surface area (Å²) in [4.78, 5) is 0.